The van der Waals surface area contributed by atoms with Crippen LogP contribution in [0.2, 0.25) is 0 Å². The van der Waals surface area contributed by atoms with Crippen LogP contribution in [0, 0.1) is 25.2 Å². The van der Waals surface area contributed by atoms with Crippen LogP contribution in [0.3, 0.4) is 0 Å². The normalized spacial score (nSPS) is 10.6. The number of nitrogens with zero attached hydrogens (tertiary/aromatic N) is 2. The summed E-state index contributed by atoms with van der Waals surface area (Å²) < 4.78 is 0. The predicted molar refractivity (Wildman–Crippen MR) is 94.7 cm³/mol. The highest BCUT2D eigenvalue weighted by Gasteiger charge is 2.15. The van der Waals surface area contributed by atoms with E-state index in [1.54, 1.807) is 24.1 Å². The van der Waals surface area contributed by atoms with Gasteiger partial charge in [-0.3, -0.25) is 4.79 Å². The smallest absolute Gasteiger partial charge is 0.270 e. The summed E-state index contributed by atoms with van der Waals surface area (Å²) in [7, 11) is 1.78. The second kappa shape index (κ2) is 6.21. The van der Waals surface area contributed by atoms with E-state index >= 15 is 0 Å². The molecule has 1 amide bonds. The first-order chi connectivity index (χ1) is 11.5. The van der Waals surface area contributed by atoms with E-state index in [1.807, 2.05) is 25.1 Å². The van der Waals surface area contributed by atoms with Crippen LogP contribution in [0.1, 0.15) is 32.7 Å². The molecule has 3 rings (SSSR count). The van der Waals surface area contributed by atoms with E-state index < -0.39 is 0 Å². The van der Waals surface area contributed by atoms with Crippen molar-refractivity contribution in [2.75, 3.05) is 7.05 Å². The molecule has 4 nitrogen and oxygen atoms in total. The van der Waals surface area contributed by atoms with Crippen molar-refractivity contribution in [1.82, 2.24) is 9.88 Å². The van der Waals surface area contributed by atoms with Gasteiger partial charge in [-0.15, -0.1) is 0 Å². The highest BCUT2D eigenvalue weighted by molar-refractivity contribution is 5.98. The van der Waals surface area contributed by atoms with Gasteiger partial charge < -0.3 is 9.88 Å². The Hall–Kier alpha value is -3.06. The summed E-state index contributed by atoms with van der Waals surface area (Å²) in [6.45, 7) is 4.60. The van der Waals surface area contributed by atoms with E-state index in [9.17, 15) is 4.79 Å². The molecule has 0 bridgehead atoms. The molecule has 1 heterocycles. The predicted octanol–water partition coefficient (Wildman–Crippen LogP) is 3.93. The van der Waals surface area contributed by atoms with Crippen LogP contribution in [-0.2, 0) is 6.54 Å². The summed E-state index contributed by atoms with van der Waals surface area (Å²) in [5.74, 6) is -0.0485. The van der Waals surface area contributed by atoms with Crippen LogP contribution < -0.4 is 0 Å². The monoisotopic (exact) mass is 317 g/mol. The summed E-state index contributed by atoms with van der Waals surface area (Å²) in [5, 5.41) is 9.92. The van der Waals surface area contributed by atoms with Crippen LogP contribution >= 0.6 is 0 Å². The summed E-state index contributed by atoms with van der Waals surface area (Å²) in [6.07, 6.45) is 0. The zero-order chi connectivity index (χ0) is 17.3. The molecule has 0 aliphatic rings. The van der Waals surface area contributed by atoms with Gasteiger partial charge in [0, 0.05) is 24.5 Å². The van der Waals surface area contributed by atoms with Gasteiger partial charge in [0.05, 0.1) is 11.6 Å². The topological polar surface area (TPSA) is 59.9 Å². The van der Waals surface area contributed by atoms with E-state index in [0.29, 0.717) is 17.8 Å². The van der Waals surface area contributed by atoms with Gasteiger partial charge in [0.25, 0.3) is 5.91 Å². The second-order valence-electron chi connectivity index (χ2n) is 6.20. The van der Waals surface area contributed by atoms with Crippen LogP contribution in [-0.4, -0.2) is 22.8 Å². The summed E-state index contributed by atoms with van der Waals surface area (Å²) >= 11 is 0. The minimum absolute atomic E-state index is 0.0485. The average Bonchev–Trinajstić information content (AvgIpc) is 2.99. The fourth-order valence-corrected chi connectivity index (χ4v) is 2.95. The Labute approximate surface area is 141 Å². The van der Waals surface area contributed by atoms with E-state index in [1.165, 1.54) is 5.56 Å². The molecule has 1 aromatic heterocycles. The number of H-pyrrole nitrogens is 1. The van der Waals surface area contributed by atoms with Crippen molar-refractivity contribution in [3.8, 4) is 6.07 Å². The van der Waals surface area contributed by atoms with Crippen molar-refractivity contribution in [2.24, 2.45) is 0 Å². The van der Waals surface area contributed by atoms with E-state index in [2.05, 4.69) is 30.1 Å². The van der Waals surface area contributed by atoms with Crippen molar-refractivity contribution < 1.29 is 4.79 Å². The second-order valence-corrected chi connectivity index (χ2v) is 6.20. The molecule has 24 heavy (non-hydrogen) atoms. The number of benzene rings is 2. The number of carbonyl (C=O) groups is 1. The number of aryl methyl sites for hydroxylation is 2. The molecule has 0 atom stereocenters. The van der Waals surface area contributed by atoms with Crippen LogP contribution in [0.5, 0.6) is 0 Å². The number of rotatable bonds is 3. The molecule has 4 heteroatoms. The minimum Gasteiger partial charge on any atom is -0.351 e. The van der Waals surface area contributed by atoms with Gasteiger partial charge in [-0.1, -0.05) is 18.2 Å². The third-order valence-electron chi connectivity index (χ3n) is 4.17. The van der Waals surface area contributed by atoms with Crippen molar-refractivity contribution in [2.45, 2.75) is 20.4 Å². The molecule has 1 N–H and O–H groups in total. The Kier molecular flexibility index (Phi) is 4.09. The number of nitriles is 1. The van der Waals surface area contributed by atoms with Gasteiger partial charge in [-0.25, -0.2) is 0 Å². The number of hydrogen-bond acceptors (Lipinski definition) is 2. The lowest BCUT2D eigenvalue weighted by Crippen LogP contribution is -2.26. The first-order valence-electron chi connectivity index (χ1n) is 7.82. The van der Waals surface area contributed by atoms with Gasteiger partial charge >= 0.3 is 0 Å². The van der Waals surface area contributed by atoms with Gasteiger partial charge in [-0.2, -0.15) is 5.26 Å². The molecule has 0 radical (unpaired) electrons. The fraction of sp³-hybridized carbons (Fsp3) is 0.200. The highest BCUT2D eigenvalue weighted by Crippen LogP contribution is 2.22. The first kappa shape index (κ1) is 15.8. The van der Waals surface area contributed by atoms with Gasteiger partial charge in [0.15, 0.2) is 0 Å². The zero-order valence-electron chi connectivity index (χ0n) is 14.1. The fourth-order valence-electron chi connectivity index (χ4n) is 2.95. The van der Waals surface area contributed by atoms with E-state index in [0.717, 1.165) is 22.0 Å². The number of hydrogen-bond donors (Lipinski definition) is 1. The SMILES string of the molecule is Cc1cc(C)c2cc(C(=O)N(C)Cc3ccc(C#N)cc3)[nH]c2c1. The summed E-state index contributed by atoms with van der Waals surface area (Å²) in [6, 6.07) is 15.5. The molecular formula is C20H19N3O. The number of aromatic amines is 1. The molecule has 0 saturated heterocycles. The molecule has 3 aromatic rings. The molecule has 2 aromatic carbocycles. The van der Waals surface area contributed by atoms with Crippen LogP contribution in [0.4, 0.5) is 0 Å². The van der Waals surface area contributed by atoms with Gasteiger partial charge in [-0.05, 0) is 54.8 Å². The molecule has 120 valence electrons. The summed E-state index contributed by atoms with van der Waals surface area (Å²) in [5.41, 5.74) is 5.53. The third kappa shape index (κ3) is 3.02. The lowest BCUT2D eigenvalue weighted by atomic mass is 10.1. The minimum atomic E-state index is -0.0485. The lowest BCUT2D eigenvalue weighted by Gasteiger charge is -2.16. The van der Waals surface area contributed by atoms with Gasteiger partial charge in [0.1, 0.15) is 5.69 Å². The Morgan fingerprint density at radius 3 is 2.54 bits per heavy atom. The van der Waals surface area contributed by atoms with Crippen LogP contribution in [0.25, 0.3) is 10.9 Å². The quantitative estimate of drug-likeness (QED) is 0.795. The van der Waals surface area contributed by atoms with Gasteiger partial charge in [0.2, 0.25) is 0 Å². The number of amides is 1. The maximum absolute atomic E-state index is 12.7. The number of nitrogens with one attached hydrogen (secondary N) is 1. The molecule has 0 saturated carbocycles. The Balaban J connectivity index is 1.82. The Morgan fingerprint density at radius 1 is 1.17 bits per heavy atom. The number of fused-ring (bicyclic) bond motifs is 1. The van der Waals surface area contributed by atoms with Crippen molar-refractivity contribution in [3.63, 3.8) is 0 Å². The van der Waals surface area contributed by atoms with Crippen molar-refractivity contribution >= 4 is 16.8 Å². The maximum atomic E-state index is 12.7. The lowest BCUT2D eigenvalue weighted by molar-refractivity contribution is 0.0780. The van der Waals surface area contributed by atoms with E-state index in [-0.39, 0.29) is 5.91 Å². The number of aromatic nitrogens is 1. The Morgan fingerprint density at radius 2 is 1.88 bits per heavy atom. The summed E-state index contributed by atoms with van der Waals surface area (Å²) in [4.78, 5) is 17.6. The zero-order valence-corrected chi connectivity index (χ0v) is 14.1. The molecular weight excluding hydrogens is 298 g/mol. The standard InChI is InChI=1S/C20H19N3O/c1-13-8-14(2)17-10-19(22-18(17)9-13)20(24)23(3)12-16-6-4-15(11-21)5-7-16/h4-10,22H,12H2,1-3H3. The molecule has 0 aliphatic carbocycles. The van der Waals surface area contributed by atoms with Crippen LogP contribution in [0.15, 0.2) is 42.5 Å². The molecule has 0 fully saturated rings. The molecule has 0 aliphatic heterocycles. The van der Waals surface area contributed by atoms with Crippen molar-refractivity contribution in [1.29, 1.82) is 5.26 Å². The number of carbonyl (C=O) groups excluding carboxylic acids is 1. The average molecular weight is 317 g/mol. The first-order valence-corrected chi connectivity index (χ1v) is 7.82. The largest absolute Gasteiger partial charge is 0.351 e. The highest BCUT2D eigenvalue weighted by atomic mass is 16.2. The Bertz CT molecular complexity index is 945. The maximum Gasteiger partial charge on any atom is 0.270 e. The molecule has 0 spiro atoms. The van der Waals surface area contributed by atoms with E-state index in [4.69, 9.17) is 5.26 Å². The van der Waals surface area contributed by atoms with Crippen molar-refractivity contribution in [3.05, 3.63) is 70.4 Å². The third-order valence-corrected chi connectivity index (χ3v) is 4.17. The molecule has 0 unspecified atom stereocenters.